The molecule has 0 amide bonds. The molecule has 4 aromatic rings. The fourth-order valence-electron chi connectivity index (χ4n) is 3.67. The summed E-state index contributed by atoms with van der Waals surface area (Å²) >= 11 is 0. The van der Waals surface area contributed by atoms with Crippen molar-refractivity contribution in [3.05, 3.63) is 48.0 Å². The van der Waals surface area contributed by atoms with Crippen LogP contribution in [0.3, 0.4) is 0 Å². The second-order valence-electron chi connectivity index (χ2n) is 7.79. The highest BCUT2D eigenvalue weighted by Gasteiger charge is 2.23. The van der Waals surface area contributed by atoms with Gasteiger partial charge >= 0.3 is 11.4 Å². The largest absolute Gasteiger partial charge is 0.332 e. The Morgan fingerprint density at radius 2 is 1.50 bits per heavy atom. The predicted molar refractivity (Wildman–Crippen MR) is 110 cm³/mol. The topological polar surface area (TPSA) is 124 Å². The van der Waals surface area contributed by atoms with E-state index in [1.165, 1.54) is 45.7 Å². The first-order chi connectivity index (χ1) is 14.1. The van der Waals surface area contributed by atoms with E-state index in [-0.39, 0.29) is 34.2 Å². The molecule has 4 rings (SSSR count). The van der Waals surface area contributed by atoms with Crippen molar-refractivity contribution < 1.29 is 0 Å². The van der Waals surface area contributed by atoms with Crippen LogP contribution in [-0.2, 0) is 34.7 Å². The number of imidazole rings is 2. The molecule has 0 aromatic carbocycles. The summed E-state index contributed by atoms with van der Waals surface area (Å²) in [6, 6.07) is 0. The Morgan fingerprint density at radius 3 is 2.13 bits per heavy atom. The van der Waals surface area contributed by atoms with Crippen molar-refractivity contribution in [3.63, 3.8) is 0 Å². The molecule has 0 saturated carbocycles. The standard InChI is InChI=1S/C18H22N8O4/c1-9(2)7-25-13-10(14(27)23(5)18(25)30)19-8-26(13)16-20-12-11(21(16)3)15(28)24(6)17(29)22(12)4/h8-9H,7H2,1-6H3. The van der Waals surface area contributed by atoms with Gasteiger partial charge in [-0.15, -0.1) is 0 Å². The van der Waals surface area contributed by atoms with Gasteiger partial charge in [0.05, 0.1) is 0 Å². The Labute approximate surface area is 168 Å². The lowest BCUT2D eigenvalue weighted by atomic mass is 10.2. The highest BCUT2D eigenvalue weighted by Crippen LogP contribution is 2.18. The Kier molecular flexibility index (Phi) is 4.19. The van der Waals surface area contributed by atoms with Crippen molar-refractivity contribution in [2.75, 3.05) is 0 Å². The molecule has 0 radical (unpaired) electrons. The van der Waals surface area contributed by atoms with Crippen LogP contribution in [0, 0.1) is 5.92 Å². The molecule has 30 heavy (non-hydrogen) atoms. The van der Waals surface area contributed by atoms with Crippen LogP contribution < -0.4 is 22.5 Å². The van der Waals surface area contributed by atoms with Gasteiger partial charge in [-0.1, -0.05) is 13.8 Å². The number of aryl methyl sites for hydroxylation is 2. The average molecular weight is 414 g/mol. The van der Waals surface area contributed by atoms with E-state index in [2.05, 4.69) is 9.97 Å². The smallest absolute Gasteiger partial charge is 0.307 e. The lowest BCUT2D eigenvalue weighted by Crippen LogP contribution is -2.39. The van der Waals surface area contributed by atoms with Gasteiger partial charge in [0.1, 0.15) is 6.33 Å². The SMILES string of the molecule is CC(C)Cn1c(=O)n(C)c(=O)c2ncn(-c3nc4c(c(=O)n(C)c(=O)n4C)n3C)c21. The van der Waals surface area contributed by atoms with Crippen LogP contribution in [0.2, 0.25) is 0 Å². The maximum atomic E-state index is 12.8. The lowest BCUT2D eigenvalue weighted by molar-refractivity contribution is 0.497. The molecule has 0 bridgehead atoms. The predicted octanol–water partition coefficient (Wildman–Crippen LogP) is -1.17. The Morgan fingerprint density at radius 1 is 0.867 bits per heavy atom. The third-order valence-electron chi connectivity index (χ3n) is 5.24. The fourth-order valence-corrected chi connectivity index (χ4v) is 3.67. The van der Waals surface area contributed by atoms with Crippen LogP contribution >= 0.6 is 0 Å². The third-order valence-corrected chi connectivity index (χ3v) is 5.24. The van der Waals surface area contributed by atoms with Crippen LogP contribution in [-0.4, -0.2) is 37.4 Å². The number of nitrogens with zero attached hydrogens (tertiary/aromatic N) is 8. The Balaban J connectivity index is 2.19. The first-order valence-corrected chi connectivity index (χ1v) is 9.36. The molecule has 0 aliphatic heterocycles. The van der Waals surface area contributed by atoms with Gasteiger partial charge in [-0.05, 0) is 5.92 Å². The van der Waals surface area contributed by atoms with Gasteiger partial charge in [0.2, 0.25) is 5.95 Å². The highest BCUT2D eigenvalue weighted by atomic mass is 16.2. The molecular weight excluding hydrogens is 392 g/mol. The molecule has 0 unspecified atom stereocenters. The summed E-state index contributed by atoms with van der Waals surface area (Å²) in [6.45, 7) is 4.27. The molecule has 0 saturated heterocycles. The van der Waals surface area contributed by atoms with Crippen molar-refractivity contribution in [2.24, 2.45) is 34.1 Å². The summed E-state index contributed by atoms with van der Waals surface area (Å²) in [5.74, 6) is 0.385. The first-order valence-electron chi connectivity index (χ1n) is 9.36. The minimum atomic E-state index is -0.518. The zero-order valence-corrected chi connectivity index (χ0v) is 17.6. The minimum absolute atomic E-state index is 0.117. The summed E-state index contributed by atoms with van der Waals surface area (Å²) in [7, 11) is 5.97. The molecule has 12 nitrogen and oxygen atoms in total. The van der Waals surface area contributed by atoms with Crippen LogP contribution in [0.5, 0.6) is 0 Å². The number of fused-ring (bicyclic) bond motifs is 2. The van der Waals surface area contributed by atoms with Crippen molar-refractivity contribution in [1.29, 1.82) is 0 Å². The van der Waals surface area contributed by atoms with Crippen LogP contribution in [0.1, 0.15) is 13.8 Å². The van der Waals surface area contributed by atoms with Gasteiger partial charge in [0.15, 0.2) is 22.3 Å². The minimum Gasteiger partial charge on any atom is -0.307 e. The van der Waals surface area contributed by atoms with Gasteiger partial charge in [-0.3, -0.25) is 32.4 Å². The van der Waals surface area contributed by atoms with Crippen molar-refractivity contribution in [3.8, 4) is 5.95 Å². The summed E-state index contributed by atoms with van der Waals surface area (Å²) in [5, 5.41) is 0. The highest BCUT2D eigenvalue weighted by molar-refractivity contribution is 5.76. The van der Waals surface area contributed by atoms with Gasteiger partial charge < -0.3 is 4.57 Å². The maximum Gasteiger partial charge on any atom is 0.332 e. The van der Waals surface area contributed by atoms with E-state index in [9.17, 15) is 19.2 Å². The molecule has 0 spiro atoms. The first kappa shape index (κ1) is 19.6. The molecule has 0 aliphatic carbocycles. The second kappa shape index (κ2) is 6.40. The summed E-state index contributed by atoms with van der Waals surface area (Å²) in [5.41, 5.74) is -1.15. The molecule has 0 atom stereocenters. The van der Waals surface area contributed by atoms with Crippen molar-refractivity contribution in [2.45, 2.75) is 20.4 Å². The molecule has 0 aliphatic rings. The van der Waals surface area contributed by atoms with E-state index >= 15 is 0 Å². The molecule has 12 heteroatoms. The van der Waals surface area contributed by atoms with Crippen molar-refractivity contribution in [1.82, 2.24) is 37.4 Å². The van der Waals surface area contributed by atoms with Gasteiger partial charge in [-0.2, -0.15) is 4.98 Å². The average Bonchev–Trinajstić information content (AvgIpc) is 3.27. The van der Waals surface area contributed by atoms with Crippen LogP contribution in [0.15, 0.2) is 25.5 Å². The Hall–Kier alpha value is -3.70. The van der Waals surface area contributed by atoms with E-state index in [0.29, 0.717) is 6.54 Å². The van der Waals surface area contributed by atoms with E-state index in [1.54, 1.807) is 7.05 Å². The van der Waals surface area contributed by atoms with Crippen molar-refractivity contribution >= 4 is 22.3 Å². The zero-order chi connectivity index (χ0) is 22.1. The van der Waals surface area contributed by atoms with E-state index in [1.807, 2.05) is 13.8 Å². The third kappa shape index (κ3) is 2.46. The quantitative estimate of drug-likeness (QED) is 0.416. The zero-order valence-electron chi connectivity index (χ0n) is 17.6. The number of hydrogen-bond acceptors (Lipinski definition) is 6. The van der Waals surface area contributed by atoms with Gasteiger partial charge in [-0.25, -0.2) is 14.6 Å². The Bertz CT molecular complexity index is 1570. The molecule has 158 valence electrons. The van der Waals surface area contributed by atoms with E-state index in [0.717, 1.165) is 9.13 Å². The molecule has 0 fully saturated rings. The number of hydrogen-bond donors (Lipinski definition) is 0. The molecular formula is C18H22N8O4. The summed E-state index contributed by atoms with van der Waals surface area (Å²) in [4.78, 5) is 59.2. The fraction of sp³-hybridized carbons (Fsp3) is 0.444. The van der Waals surface area contributed by atoms with Gasteiger partial charge in [0, 0.05) is 34.7 Å². The van der Waals surface area contributed by atoms with Gasteiger partial charge in [0.25, 0.3) is 11.1 Å². The maximum absolute atomic E-state index is 12.8. The number of rotatable bonds is 3. The number of aromatic nitrogens is 8. The summed E-state index contributed by atoms with van der Waals surface area (Å²) < 4.78 is 7.81. The van der Waals surface area contributed by atoms with Crippen LogP contribution in [0.4, 0.5) is 0 Å². The molecule has 4 heterocycles. The normalized spacial score (nSPS) is 12.0. The molecule has 0 N–H and O–H groups in total. The second-order valence-corrected chi connectivity index (χ2v) is 7.79. The lowest BCUT2D eigenvalue weighted by Gasteiger charge is -2.14. The van der Waals surface area contributed by atoms with E-state index in [4.69, 9.17) is 0 Å². The van der Waals surface area contributed by atoms with E-state index < -0.39 is 22.5 Å². The summed E-state index contributed by atoms with van der Waals surface area (Å²) in [6.07, 6.45) is 1.39. The monoisotopic (exact) mass is 414 g/mol. The van der Waals surface area contributed by atoms with Crippen LogP contribution in [0.25, 0.3) is 28.3 Å². The molecule has 4 aromatic heterocycles.